The van der Waals surface area contributed by atoms with E-state index >= 15 is 0 Å². The number of phenolic OH excluding ortho intramolecular Hbond substituents is 1. The van der Waals surface area contributed by atoms with Crippen molar-refractivity contribution in [1.82, 2.24) is 0 Å². The fourth-order valence-electron chi connectivity index (χ4n) is 4.38. The molecule has 1 N–H and O–H groups in total. The van der Waals surface area contributed by atoms with Crippen LogP contribution in [0.1, 0.15) is 120 Å². The number of unbranched alkanes of at least 4 members (excludes halogenated alkanes) is 10. The van der Waals surface area contributed by atoms with Crippen molar-refractivity contribution in [1.29, 1.82) is 0 Å². The summed E-state index contributed by atoms with van der Waals surface area (Å²) in [5.41, 5.74) is 5.31. The molecule has 0 heterocycles. The molecule has 1 nitrogen and oxygen atoms in total. The molecule has 162 valence electrons. The Morgan fingerprint density at radius 1 is 0.643 bits per heavy atom. The van der Waals surface area contributed by atoms with Crippen LogP contribution >= 0.6 is 11.8 Å². The van der Waals surface area contributed by atoms with Crippen LogP contribution in [-0.2, 0) is 19.3 Å². The molecule has 0 aliphatic carbocycles. The number of rotatable bonds is 16. The molecule has 0 amide bonds. The van der Waals surface area contributed by atoms with Crippen molar-refractivity contribution < 1.29 is 5.11 Å². The van der Waals surface area contributed by atoms with E-state index < -0.39 is 0 Å². The lowest BCUT2D eigenvalue weighted by molar-refractivity contribution is 0.455. The molecule has 0 fully saturated rings. The standard InChI is InChI=1S/C26H46OS/c1-6-9-11-13-15-17-19-23-21(4)22(8-3)25(27)24(26(23)28-5)20-18-16-14-12-10-7-2/h27H,6-20H2,1-5H3. The van der Waals surface area contributed by atoms with Gasteiger partial charge >= 0.3 is 0 Å². The monoisotopic (exact) mass is 406 g/mol. The molecular weight excluding hydrogens is 360 g/mol. The van der Waals surface area contributed by atoms with Crippen LogP contribution in [0.25, 0.3) is 0 Å². The first-order valence-electron chi connectivity index (χ1n) is 12.0. The molecule has 0 saturated carbocycles. The summed E-state index contributed by atoms with van der Waals surface area (Å²) in [7, 11) is 0. The van der Waals surface area contributed by atoms with E-state index in [4.69, 9.17) is 0 Å². The van der Waals surface area contributed by atoms with Crippen molar-refractivity contribution in [2.75, 3.05) is 6.26 Å². The maximum atomic E-state index is 11.0. The molecule has 0 spiro atoms. The van der Waals surface area contributed by atoms with Gasteiger partial charge in [-0.25, -0.2) is 0 Å². The summed E-state index contributed by atoms with van der Waals surface area (Å²) in [6.45, 7) is 8.97. The number of benzene rings is 1. The Hall–Kier alpha value is -0.630. The highest BCUT2D eigenvalue weighted by Gasteiger charge is 2.19. The van der Waals surface area contributed by atoms with E-state index in [0.29, 0.717) is 5.75 Å². The van der Waals surface area contributed by atoms with Crippen molar-refractivity contribution >= 4 is 11.8 Å². The number of phenols is 1. The summed E-state index contributed by atoms with van der Waals surface area (Å²) < 4.78 is 0. The second-order valence-electron chi connectivity index (χ2n) is 8.33. The normalized spacial score (nSPS) is 11.3. The molecule has 0 atom stereocenters. The topological polar surface area (TPSA) is 20.2 Å². The van der Waals surface area contributed by atoms with Gasteiger partial charge in [-0.15, -0.1) is 11.8 Å². The number of hydrogen-bond acceptors (Lipinski definition) is 2. The minimum atomic E-state index is 0.601. The molecule has 1 aromatic carbocycles. The summed E-state index contributed by atoms with van der Waals surface area (Å²) in [6.07, 6.45) is 21.2. The molecule has 0 aromatic heterocycles. The number of aromatic hydroxyl groups is 1. The van der Waals surface area contributed by atoms with E-state index in [2.05, 4.69) is 34.0 Å². The summed E-state index contributed by atoms with van der Waals surface area (Å²) in [5, 5.41) is 11.0. The lowest BCUT2D eigenvalue weighted by Crippen LogP contribution is -2.04. The minimum Gasteiger partial charge on any atom is -0.507 e. The fraction of sp³-hybridized carbons (Fsp3) is 0.769. The third-order valence-electron chi connectivity index (χ3n) is 6.14. The fourth-order valence-corrected chi connectivity index (χ4v) is 5.32. The highest BCUT2D eigenvalue weighted by Crippen LogP contribution is 2.40. The average Bonchev–Trinajstić information content (AvgIpc) is 2.69. The van der Waals surface area contributed by atoms with Crippen molar-refractivity contribution in [3.05, 3.63) is 22.3 Å². The van der Waals surface area contributed by atoms with Gasteiger partial charge in [-0.3, -0.25) is 0 Å². The largest absolute Gasteiger partial charge is 0.507 e. The van der Waals surface area contributed by atoms with Crippen molar-refractivity contribution in [2.45, 2.75) is 129 Å². The van der Waals surface area contributed by atoms with Gasteiger partial charge in [0.05, 0.1) is 0 Å². The van der Waals surface area contributed by atoms with Crippen LogP contribution in [-0.4, -0.2) is 11.4 Å². The van der Waals surface area contributed by atoms with Gasteiger partial charge in [0.15, 0.2) is 0 Å². The molecule has 0 aliphatic rings. The SMILES string of the molecule is CCCCCCCCc1c(C)c(CC)c(O)c(CCCCCCCC)c1SC. The predicted octanol–water partition coefficient (Wildman–Crippen LogP) is 8.79. The molecule has 0 radical (unpaired) electrons. The van der Waals surface area contributed by atoms with Crippen LogP contribution in [0.15, 0.2) is 4.90 Å². The summed E-state index contributed by atoms with van der Waals surface area (Å²) in [4.78, 5) is 1.38. The number of thioether (sulfide) groups is 1. The number of hydrogen-bond donors (Lipinski definition) is 1. The zero-order valence-corrected chi connectivity index (χ0v) is 20.3. The van der Waals surface area contributed by atoms with Gasteiger partial charge in [-0.05, 0) is 62.0 Å². The van der Waals surface area contributed by atoms with Crippen LogP contribution in [0, 0.1) is 6.92 Å². The van der Waals surface area contributed by atoms with E-state index in [1.165, 1.54) is 111 Å². The maximum Gasteiger partial charge on any atom is 0.123 e. The van der Waals surface area contributed by atoms with Crippen molar-refractivity contribution in [2.24, 2.45) is 0 Å². The molecule has 0 bridgehead atoms. The molecular formula is C26H46OS. The Morgan fingerprint density at radius 3 is 1.57 bits per heavy atom. The first-order chi connectivity index (χ1) is 13.6. The van der Waals surface area contributed by atoms with E-state index in [1.807, 2.05) is 11.8 Å². The van der Waals surface area contributed by atoms with Gasteiger partial charge in [0, 0.05) is 10.5 Å². The van der Waals surface area contributed by atoms with Gasteiger partial charge in [0.25, 0.3) is 0 Å². The zero-order valence-electron chi connectivity index (χ0n) is 19.5. The van der Waals surface area contributed by atoms with Gasteiger partial charge in [-0.1, -0.05) is 85.0 Å². The zero-order chi connectivity index (χ0) is 20.8. The molecule has 0 unspecified atom stereocenters. The van der Waals surface area contributed by atoms with Gasteiger partial charge in [-0.2, -0.15) is 0 Å². The molecule has 1 rings (SSSR count). The summed E-state index contributed by atoms with van der Waals surface area (Å²) in [6, 6.07) is 0. The predicted molar refractivity (Wildman–Crippen MR) is 128 cm³/mol. The minimum absolute atomic E-state index is 0.601. The molecule has 28 heavy (non-hydrogen) atoms. The lowest BCUT2D eigenvalue weighted by atomic mass is 9.90. The highest BCUT2D eigenvalue weighted by atomic mass is 32.2. The highest BCUT2D eigenvalue weighted by molar-refractivity contribution is 7.98. The van der Waals surface area contributed by atoms with Gasteiger partial charge < -0.3 is 5.11 Å². The maximum absolute atomic E-state index is 11.0. The molecule has 0 aliphatic heterocycles. The second-order valence-corrected chi connectivity index (χ2v) is 9.15. The molecule has 1 aromatic rings. The average molecular weight is 407 g/mol. The van der Waals surface area contributed by atoms with Gasteiger partial charge in [0.1, 0.15) is 5.75 Å². The Morgan fingerprint density at radius 2 is 1.11 bits per heavy atom. The van der Waals surface area contributed by atoms with Crippen molar-refractivity contribution in [3.8, 4) is 5.75 Å². The summed E-state index contributed by atoms with van der Waals surface area (Å²) in [5.74, 6) is 0.601. The van der Waals surface area contributed by atoms with Crippen molar-refractivity contribution in [3.63, 3.8) is 0 Å². The van der Waals surface area contributed by atoms with Gasteiger partial charge in [0.2, 0.25) is 0 Å². The Balaban J connectivity index is 2.85. The van der Waals surface area contributed by atoms with Crippen LogP contribution in [0.5, 0.6) is 5.75 Å². The Bertz CT molecular complexity index is 507. The Kier molecular flexibility index (Phi) is 13.8. The van der Waals surface area contributed by atoms with Crippen LogP contribution in [0.2, 0.25) is 0 Å². The van der Waals surface area contributed by atoms with Crippen LogP contribution < -0.4 is 0 Å². The first kappa shape index (κ1) is 25.4. The van der Waals surface area contributed by atoms with Crippen LogP contribution in [0.4, 0.5) is 0 Å². The third-order valence-corrected chi connectivity index (χ3v) is 7.04. The quantitative estimate of drug-likeness (QED) is 0.218. The lowest BCUT2D eigenvalue weighted by Gasteiger charge is -2.21. The second kappa shape index (κ2) is 15.2. The molecule has 2 heteroatoms. The van der Waals surface area contributed by atoms with E-state index in [1.54, 1.807) is 0 Å². The van der Waals surface area contributed by atoms with E-state index in [0.717, 1.165) is 12.8 Å². The summed E-state index contributed by atoms with van der Waals surface area (Å²) >= 11 is 1.85. The smallest absolute Gasteiger partial charge is 0.123 e. The van der Waals surface area contributed by atoms with E-state index in [-0.39, 0.29) is 0 Å². The van der Waals surface area contributed by atoms with Crippen LogP contribution in [0.3, 0.4) is 0 Å². The molecule has 0 saturated heterocycles. The Labute approximate surface area is 180 Å². The first-order valence-corrected chi connectivity index (χ1v) is 13.2. The van der Waals surface area contributed by atoms with E-state index in [9.17, 15) is 5.11 Å². The third kappa shape index (κ3) is 8.01.